The number of ether oxygens (including phenoxy) is 1. The van der Waals surface area contributed by atoms with Gasteiger partial charge in [-0.1, -0.05) is 18.2 Å². The van der Waals surface area contributed by atoms with E-state index >= 15 is 0 Å². The fourth-order valence-electron chi connectivity index (χ4n) is 2.86. The van der Waals surface area contributed by atoms with Crippen molar-refractivity contribution in [3.05, 3.63) is 59.4 Å². The minimum Gasteiger partial charge on any atom is -0.497 e. The highest BCUT2D eigenvalue weighted by Gasteiger charge is 2.16. The number of allylic oxidation sites excluding steroid dienone is 3. The average molecular weight is 487 g/mol. The van der Waals surface area contributed by atoms with Gasteiger partial charge in [0.25, 0.3) is 0 Å². The predicted octanol–water partition coefficient (Wildman–Crippen LogP) is 2.62. The normalized spacial score (nSPS) is 12.2. The molecule has 0 unspecified atom stereocenters. The van der Waals surface area contributed by atoms with Gasteiger partial charge in [0.05, 0.1) is 17.8 Å². The van der Waals surface area contributed by atoms with E-state index in [1.54, 1.807) is 19.4 Å². The van der Waals surface area contributed by atoms with Gasteiger partial charge in [-0.15, -0.1) is 11.3 Å². The Morgan fingerprint density at radius 2 is 1.97 bits per heavy atom. The van der Waals surface area contributed by atoms with Crippen molar-refractivity contribution in [2.24, 2.45) is 10.1 Å². The van der Waals surface area contributed by atoms with Gasteiger partial charge in [-0.25, -0.2) is 5.43 Å². The van der Waals surface area contributed by atoms with Gasteiger partial charge in [0.1, 0.15) is 5.75 Å². The summed E-state index contributed by atoms with van der Waals surface area (Å²) in [6.07, 6.45) is 7.40. The molecular formula is C23H27FN6O3S. The monoisotopic (exact) mass is 486 g/mol. The van der Waals surface area contributed by atoms with Crippen LogP contribution < -0.4 is 26.5 Å². The standard InChI is InChI=1S/C23H27FN6O3S/c1-33-18-7-5-17(6-8-18)22-19(14-34-23(22)25)20(30-29-16-32)9-11-26-10-3-2-4-21(24)28-13-12-27-15-31/h2-8,10,14-16,28H,9,11-13,25H2,1H3,(H,27,31)(H,29,32)/b3-2-,21-4-,26-10?,30-20-. The molecule has 180 valence electrons. The number of nitrogens with zero attached hydrogens (tertiary/aromatic N) is 2. The molecule has 0 aliphatic carbocycles. The Balaban J connectivity index is 2.02. The molecule has 1 aromatic heterocycles. The van der Waals surface area contributed by atoms with Crippen LogP contribution in [0.1, 0.15) is 12.0 Å². The molecule has 0 saturated heterocycles. The van der Waals surface area contributed by atoms with Gasteiger partial charge >= 0.3 is 0 Å². The first kappa shape index (κ1) is 26.3. The third-order valence-electron chi connectivity index (χ3n) is 4.43. The number of hydrogen-bond donors (Lipinski definition) is 4. The largest absolute Gasteiger partial charge is 0.497 e. The zero-order valence-electron chi connectivity index (χ0n) is 18.7. The van der Waals surface area contributed by atoms with Crippen molar-refractivity contribution < 1.29 is 18.7 Å². The number of nitrogens with one attached hydrogen (secondary N) is 3. The molecule has 0 saturated carbocycles. The van der Waals surface area contributed by atoms with E-state index < -0.39 is 5.95 Å². The smallest absolute Gasteiger partial charge is 0.227 e. The maximum Gasteiger partial charge on any atom is 0.227 e. The molecule has 11 heteroatoms. The summed E-state index contributed by atoms with van der Waals surface area (Å²) in [7, 11) is 1.60. The lowest BCUT2D eigenvalue weighted by molar-refractivity contribution is -0.110. The molecular weight excluding hydrogens is 459 g/mol. The highest BCUT2D eigenvalue weighted by Crippen LogP contribution is 2.36. The summed E-state index contributed by atoms with van der Waals surface area (Å²) in [6.45, 7) is 1.00. The molecule has 0 spiro atoms. The third-order valence-corrected chi connectivity index (χ3v) is 5.24. The van der Waals surface area contributed by atoms with Gasteiger partial charge in [-0.3, -0.25) is 14.6 Å². The number of hydrazone groups is 1. The molecule has 2 aromatic rings. The molecule has 0 aliphatic rings. The summed E-state index contributed by atoms with van der Waals surface area (Å²) in [5.74, 6) is 0.214. The zero-order valence-corrected chi connectivity index (χ0v) is 19.5. The van der Waals surface area contributed by atoms with Gasteiger partial charge in [0.15, 0.2) is 5.95 Å². The molecule has 2 rings (SSSR count). The third kappa shape index (κ3) is 8.51. The van der Waals surface area contributed by atoms with Crippen LogP contribution in [0.3, 0.4) is 0 Å². The number of carbonyl (C=O) groups is 2. The van der Waals surface area contributed by atoms with Gasteiger partial charge in [-0.2, -0.15) is 9.49 Å². The van der Waals surface area contributed by atoms with Crippen molar-refractivity contribution in [1.29, 1.82) is 0 Å². The number of rotatable bonds is 15. The number of thiophene rings is 1. The summed E-state index contributed by atoms with van der Waals surface area (Å²) < 4.78 is 18.7. The van der Waals surface area contributed by atoms with Crippen LogP contribution in [0.4, 0.5) is 9.39 Å². The Labute approximate surface area is 201 Å². The number of halogens is 1. The van der Waals surface area contributed by atoms with Crippen LogP contribution in [0, 0.1) is 0 Å². The van der Waals surface area contributed by atoms with Crippen LogP contribution in [-0.4, -0.2) is 51.5 Å². The Kier molecular flexibility index (Phi) is 11.6. The van der Waals surface area contributed by atoms with Crippen molar-refractivity contribution >= 4 is 41.1 Å². The second kappa shape index (κ2) is 15.0. The molecule has 0 fully saturated rings. The number of methoxy groups -OCH3 is 1. The highest BCUT2D eigenvalue weighted by molar-refractivity contribution is 7.15. The van der Waals surface area contributed by atoms with Crippen LogP contribution in [0.15, 0.2) is 63.9 Å². The van der Waals surface area contributed by atoms with Gasteiger partial charge in [-0.05, 0) is 29.8 Å². The Bertz CT molecular complexity index is 1050. The summed E-state index contributed by atoms with van der Waals surface area (Å²) in [6, 6.07) is 7.52. The van der Waals surface area contributed by atoms with E-state index in [1.165, 1.54) is 23.5 Å². The molecule has 0 radical (unpaired) electrons. The van der Waals surface area contributed by atoms with E-state index in [2.05, 4.69) is 26.2 Å². The number of benzene rings is 1. The summed E-state index contributed by atoms with van der Waals surface area (Å²) in [5, 5.41) is 11.6. The van der Waals surface area contributed by atoms with E-state index in [0.717, 1.165) is 22.4 Å². The predicted molar refractivity (Wildman–Crippen MR) is 135 cm³/mol. The Morgan fingerprint density at radius 3 is 2.68 bits per heavy atom. The summed E-state index contributed by atoms with van der Waals surface area (Å²) >= 11 is 1.39. The molecule has 2 amide bonds. The van der Waals surface area contributed by atoms with Crippen LogP contribution >= 0.6 is 11.3 Å². The van der Waals surface area contributed by atoms with E-state index in [9.17, 15) is 14.0 Å². The average Bonchev–Trinajstić information content (AvgIpc) is 3.24. The molecule has 5 N–H and O–H groups in total. The molecule has 0 bridgehead atoms. The van der Waals surface area contributed by atoms with Crippen LogP contribution in [-0.2, 0) is 9.59 Å². The minimum atomic E-state index is -0.521. The number of amides is 2. The second-order valence-electron chi connectivity index (χ2n) is 6.63. The van der Waals surface area contributed by atoms with Gasteiger partial charge < -0.3 is 21.1 Å². The maximum absolute atomic E-state index is 13.5. The van der Waals surface area contributed by atoms with Crippen LogP contribution in [0.25, 0.3) is 11.1 Å². The Morgan fingerprint density at radius 1 is 1.18 bits per heavy atom. The molecule has 34 heavy (non-hydrogen) atoms. The van der Waals surface area contributed by atoms with Gasteiger partial charge in [0, 0.05) is 48.8 Å². The fourth-order valence-corrected chi connectivity index (χ4v) is 3.71. The van der Waals surface area contributed by atoms with Crippen molar-refractivity contribution in [2.45, 2.75) is 6.42 Å². The summed E-state index contributed by atoms with van der Waals surface area (Å²) in [4.78, 5) is 25.2. The van der Waals surface area contributed by atoms with Crippen LogP contribution in [0.5, 0.6) is 5.75 Å². The van der Waals surface area contributed by atoms with E-state index in [0.29, 0.717) is 43.0 Å². The first-order chi connectivity index (χ1) is 16.6. The van der Waals surface area contributed by atoms with Gasteiger partial charge in [0.2, 0.25) is 12.8 Å². The number of carbonyl (C=O) groups excluding carboxylic acids is 2. The lowest BCUT2D eigenvalue weighted by Gasteiger charge is -2.09. The molecule has 1 aromatic carbocycles. The molecule has 9 nitrogen and oxygen atoms in total. The molecule has 0 aliphatic heterocycles. The number of anilines is 1. The topological polar surface area (TPSA) is 130 Å². The first-order valence-corrected chi connectivity index (χ1v) is 11.2. The maximum atomic E-state index is 13.5. The minimum absolute atomic E-state index is 0.283. The number of aliphatic imine (C=N–C) groups is 1. The summed E-state index contributed by atoms with van der Waals surface area (Å²) in [5.41, 5.74) is 11.8. The fraction of sp³-hybridized carbons (Fsp3) is 0.217. The second-order valence-corrected chi connectivity index (χ2v) is 7.54. The highest BCUT2D eigenvalue weighted by atomic mass is 32.1. The molecule has 1 heterocycles. The number of hydrogen-bond acceptors (Lipinski definition) is 8. The SMILES string of the molecule is COc1ccc(-c2c(/C(CCN=C/C=C\C=C(\F)NCCNC=O)=N\NC=O)csc2N)cc1. The zero-order chi connectivity index (χ0) is 24.6. The lowest BCUT2D eigenvalue weighted by atomic mass is 9.99. The van der Waals surface area contributed by atoms with E-state index in [4.69, 9.17) is 10.5 Å². The number of nitrogens with two attached hydrogens (primary N) is 1. The van der Waals surface area contributed by atoms with Crippen molar-refractivity contribution in [1.82, 2.24) is 16.1 Å². The van der Waals surface area contributed by atoms with Crippen molar-refractivity contribution in [3.63, 3.8) is 0 Å². The van der Waals surface area contributed by atoms with E-state index in [-0.39, 0.29) is 6.54 Å². The number of nitrogen functional groups attached to an aromatic ring is 1. The van der Waals surface area contributed by atoms with Crippen molar-refractivity contribution in [2.75, 3.05) is 32.5 Å². The quantitative estimate of drug-likeness (QED) is 0.0768. The first-order valence-electron chi connectivity index (χ1n) is 10.3. The van der Waals surface area contributed by atoms with Crippen LogP contribution in [0.2, 0.25) is 0 Å². The van der Waals surface area contributed by atoms with Crippen molar-refractivity contribution in [3.8, 4) is 16.9 Å². The molecule has 0 atom stereocenters. The lowest BCUT2D eigenvalue weighted by Crippen LogP contribution is -2.24. The van der Waals surface area contributed by atoms with E-state index in [1.807, 2.05) is 29.6 Å². The Hall–Kier alpha value is -3.99.